The zero-order valence-corrected chi connectivity index (χ0v) is 33.2. The number of likely N-dealkylation sites (N-methyl/N-ethyl adjacent to an activating group) is 2. The molecule has 1 aliphatic heterocycles. The molecule has 0 radical (unpaired) electrons. The maximum absolute atomic E-state index is 14.2. The SMILES string of the molecule is CN1C(=O)C(=C2/C(=C\C=c3\c4cccc5cccc(c54)n3Cc3ccccc3)CC/C2=C/C=c2/c3cccc4cccc(c43)n2Cc2ccccc2)C(=O)N(C)C1=S. The van der Waals surface area contributed by atoms with Gasteiger partial charge in [-0.3, -0.25) is 19.4 Å². The number of carbonyl (C=O) groups is 2. The van der Waals surface area contributed by atoms with E-state index in [4.69, 9.17) is 12.2 Å². The summed E-state index contributed by atoms with van der Waals surface area (Å²) in [6.07, 6.45) is 9.98. The second-order valence-electron chi connectivity index (χ2n) is 15.3. The van der Waals surface area contributed by atoms with Gasteiger partial charge in [0, 0.05) is 59.4 Å². The highest BCUT2D eigenvalue weighted by molar-refractivity contribution is 7.80. The van der Waals surface area contributed by atoms with Gasteiger partial charge in [0.15, 0.2) is 5.11 Å². The van der Waals surface area contributed by atoms with E-state index >= 15 is 0 Å². The van der Waals surface area contributed by atoms with E-state index in [0.717, 1.165) is 32.6 Å². The number of thiocarbonyl (C=S) groups is 1. The summed E-state index contributed by atoms with van der Waals surface area (Å²) in [5, 5.41) is 9.52. The maximum atomic E-state index is 14.2. The zero-order chi connectivity index (χ0) is 39.5. The highest BCUT2D eigenvalue weighted by Gasteiger charge is 2.40. The Balaban J connectivity index is 1.19. The number of benzene rings is 6. The molecule has 2 fully saturated rings. The zero-order valence-electron chi connectivity index (χ0n) is 32.4. The minimum absolute atomic E-state index is 0.154. The molecule has 10 rings (SSSR count). The number of nitrogens with zero attached hydrogens (tertiary/aromatic N) is 4. The van der Waals surface area contributed by atoms with E-state index in [1.807, 2.05) is 12.1 Å². The largest absolute Gasteiger partial charge is 0.336 e. The smallest absolute Gasteiger partial charge is 0.266 e. The first-order chi connectivity index (χ1) is 28.4. The molecule has 2 amide bonds. The third-order valence-corrected chi connectivity index (χ3v) is 12.4. The van der Waals surface area contributed by atoms with E-state index in [1.54, 1.807) is 14.1 Å². The van der Waals surface area contributed by atoms with Crippen LogP contribution >= 0.6 is 12.2 Å². The van der Waals surface area contributed by atoms with Crippen LogP contribution in [0.15, 0.2) is 168 Å². The van der Waals surface area contributed by atoms with Crippen molar-refractivity contribution >= 4 is 84.6 Å². The first kappa shape index (κ1) is 35.6. The van der Waals surface area contributed by atoms with Crippen molar-refractivity contribution < 1.29 is 9.59 Å². The Hall–Kier alpha value is -6.83. The summed E-state index contributed by atoms with van der Waals surface area (Å²) < 4.78 is 4.76. The Morgan fingerprint density at radius 3 is 1.34 bits per heavy atom. The lowest BCUT2D eigenvalue weighted by atomic mass is 9.95. The molecule has 1 saturated heterocycles. The number of hydrogen-bond acceptors (Lipinski definition) is 3. The van der Waals surface area contributed by atoms with Crippen molar-refractivity contribution in [2.45, 2.75) is 25.9 Å². The average molecular weight is 773 g/mol. The average Bonchev–Trinajstić information content (AvgIpc) is 3.90. The number of aromatic nitrogens is 2. The first-order valence-electron chi connectivity index (χ1n) is 19.7. The lowest BCUT2D eigenvalue weighted by molar-refractivity contribution is -0.132. The van der Waals surface area contributed by atoms with Gasteiger partial charge in [-0.2, -0.15) is 0 Å². The molecule has 7 heteroatoms. The van der Waals surface area contributed by atoms with Gasteiger partial charge in [0.1, 0.15) is 5.57 Å². The Kier molecular flexibility index (Phi) is 8.76. The number of rotatable bonds is 6. The second kappa shape index (κ2) is 14.3. The quantitative estimate of drug-likeness (QED) is 0.0965. The molecule has 6 nitrogen and oxygen atoms in total. The summed E-state index contributed by atoms with van der Waals surface area (Å²) in [5.41, 5.74) is 7.49. The van der Waals surface area contributed by atoms with E-state index in [0.29, 0.717) is 31.5 Å². The van der Waals surface area contributed by atoms with Crippen molar-refractivity contribution in [3.63, 3.8) is 0 Å². The molecule has 1 aliphatic carbocycles. The Bertz CT molecular complexity index is 2980. The number of hydrogen-bond donors (Lipinski definition) is 0. The molecule has 0 atom stereocenters. The summed E-state index contributed by atoms with van der Waals surface area (Å²) in [4.78, 5) is 31.2. The van der Waals surface area contributed by atoms with Crippen molar-refractivity contribution in [2.75, 3.05) is 14.1 Å². The van der Waals surface area contributed by atoms with E-state index < -0.39 is 0 Å². The maximum Gasteiger partial charge on any atom is 0.266 e. The monoisotopic (exact) mass is 772 g/mol. The van der Waals surface area contributed by atoms with Crippen molar-refractivity contribution in [1.29, 1.82) is 0 Å². The van der Waals surface area contributed by atoms with Crippen LogP contribution in [0.4, 0.5) is 0 Å². The highest BCUT2D eigenvalue weighted by Crippen LogP contribution is 2.40. The van der Waals surface area contributed by atoms with Crippen molar-refractivity contribution in [2.24, 2.45) is 0 Å². The van der Waals surface area contributed by atoms with Gasteiger partial charge in [0.25, 0.3) is 11.8 Å². The Morgan fingerprint density at radius 1 is 0.500 bits per heavy atom. The number of carbonyl (C=O) groups excluding carboxylic acids is 2. The highest BCUT2D eigenvalue weighted by atomic mass is 32.1. The third kappa shape index (κ3) is 5.81. The molecule has 3 heterocycles. The molecule has 1 saturated carbocycles. The van der Waals surface area contributed by atoms with Crippen LogP contribution in [0.1, 0.15) is 24.0 Å². The summed E-state index contributed by atoms with van der Waals surface area (Å²) in [6, 6.07) is 46.9. The van der Waals surface area contributed by atoms with Crippen LogP contribution in [0, 0.1) is 0 Å². The van der Waals surface area contributed by atoms with Crippen LogP contribution in [0.3, 0.4) is 0 Å². The van der Waals surface area contributed by atoms with Gasteiger partial charge in [-0.25, -0.2) is 0 Å². The van der Waals surface area contributed by atoms with E-state index in [9.17, 15) is 9.59 Å². The normalized spacial score (nSPS) is 17.4. The first-order valence-corrected chi connectivity index (χ1v) is 20.1. The third-order valence-electron chi connectivity index (χ3n) is 11.9. The van der Waals surface area contributed by atoms with Gasteiger partial charge in [-0.1, -0.05) is 133 Å². The van der Waals surface area contributed by atoms with Crippen LogP contribution in [0.2, 0.25) is 0 Å². The summed E-state index contributed by atoms with van der Waals surface area (Å²) in [5.74, 6) is -0.760. The summed E-state index contributed by atoms with van der Waals surface area (Å²) in [7, 11) is 3.30. The van der Waals surface area contributed by atoms with E-state index in [1.165, 1.54) is 53.5 Å². The lowest BCUT2D eigenvalue weighted by Crippen LogP contribution is -2.53. The molecular weight excluding hydrogens is 733 g/mol. The summed E-state index contributed by atoms with van der Waals surface area (Å²) >= 11 is 5.53. The Morgan fingerprint density at radius 2 is 0.914 bits per heavy atom. The van der Waals surface area contributed by atoms with Gasteiger partial charge in [-0.05, 0) is 88.0 Å². The van der Waals surface area contributed by atoms with Crippen molar-refractivity contribution in [3.05, 3.63) is 190 Å². The van der Waals surface area contributed by atoms with E-state index in [2.05, 4.69) is 155 Å². The molecule has 0 N–H and O–H groups in total. The van der Waals surface area contributed by atoms with Gasteiger partial charge in [-0.15, -0.1) is 0 Å². The molecule has 282 valence electrons. The van der Waals surface area contributed by atoms with Gasteiger partial charge >= 0.3 is 0 Å². The summed E-state index contributed by atoms with van der Waals surface area (Å²) in [6.45, 7) is 1.41. The Labute approximate surface area is 341 Å². The van der Waals surface area contributed by atoms with Crippen LogP contribution in [0.5, 0.6) is 0 Å². The molecule has 0 bridgehead atoms. The molecule has 0 unspecified atom stereocenters. The van der Waals surface area contributed by atoms with Crippen LogP contribution in [0.25, 0.3) is 55.5 Å². The molecule has 0 spiro atoms. The molecule has 6 aromatic carbocycles. The van der Waals surface area contributed by atoms with E-state index in [-0.39, 0.29) is 22.5 Å². The molecule has 58 heavy (non-hydrogen) atoms. The number of amides is 2. The van der Waals surface area contributed by atoms with Gasteiger partial charge in [0.2, 0.25) is 0 Å². The molecule has 2 aromatic heterocycles. The fraction of sp³-hybridized carbons (Fsp3) is 0.118. The minimum atomic E-state index is -0.380. The van der Waals surface area contributed by atoms with Crippen molar-refractivity contribution in [1.82, 2.24) is 18.9 Å². The van der Waals surface area contributed by atoms with Crippen LogP contribution in [-0.2, 0) is 22.7 Å². The van der Waals surface area contributed by atoms with Gasteiger partial charge < -0.3 is 9.13 Å². The van der Waals surface area contributed by atoms with Gasteiger partial charge in [0.05, 0.1) is 11.0 Å². The fourth-order valence-corrected chi connectivity index (χ4v) is 9.25. The van der Waals surface area contributed by atoms with Crippen LogP contribution in [-0.4, -0.2) is 50.0 Å². The minimum Gasteiger partial charge on any atom is -0.336 e. The topological polar surface area (TPSA) is 50.5 Å². The second-order valence-corrected chi connectivity index (χ2v) is 15.6. The molecule has 8 aromatic rings. The van der Waals surface area contributed by atoms with Crippen LogP contribution < -0.4 is 10.7 Å². The predicted octanol–water partition coefficient (Wildman–Crippen LogP) is 8.86. The lowest BCUT2D eigenvalue weighted by Gasteiger charge is -2.33. The number of allylic oxidation sites excluding steroid dienone is 5. The molecular formula is C51H40N4O2S. The molecule has 2 aliphatic rings. The van der Waals surface area contributed by atoms with Crippen molar-refractivity contribution in [3.8, 4) is 0 Å². The fourth-order valence-electron chi connectivity index (χ4n) is 9.08. The predicted molar refractivity (Wildman–Crippen MR) is 240 cm³/mol. The standard InChI is InChI=1S/C51H40N4O2S/c1-52-49(56)48(50(57)53(2)51(52)58)45-37(27-29-41-39-21-9-17-35-19-11-23-43(46(35)39)54(41)31-33-13-5-3-6-14-33)25-26-38(45)28-30-42-40-22-10-18-36-20-12-24-44(47(36)40)55(42)32-34-15-7-4-8-16-34/h3-24,27-30H,25-26,31-32H2,1-2H3/b37-27-,38-28-,41-29-,42-30-.